The number of allylic oxidation sites excluding steroid dienone is 2. The summed E-state index contributed by atoms with van der Waals surface area (Å²) in [5.74, 6) is 0. The Morgan fingerprint density at radius 3 is 2.62 bits per heavy atom. The number of oxime groups is 1. The Morgan fingerprint density at radius 2 is 2.08 bits per heavy atom. The second-order valence-corrected chi connectivity index (χ2v) is 2.75. The van der Waals surface area contributed by atoms with Gasteiger partial charge in [0.1, 0.15) is 0 Å². The van der Waals surface area contributed by atoms with Crippen LogP contribution in [-0.4, -0.2) is 10.9 Å². The van der Waals surface area contributed by atoms with E-state index in [1.165, 1.54) is 0 Å². The van der Waals surface area contributed by atoms with Crippen molar-refractivity contribution in [3.8, 4) is 0 Å². The van der Waals surface area contributed by atoms with Crippen molar-refractivity contribution >= 4 is 5.71 Å². The predicted molar refractivity (Wildman–Crippen MR) is 54.2 cm³/mol. The molecule has 68 valence electrons. The molecule has 1 aromatic carbocycles. The topological polar surface area (TPSA) is 32.6 Å². The van der Waals surface area contributed by atoms with Crippen LogP contribution in [0.5, 0.6) is 0 Å². The fourth-order valence-electron chi connectivity index (χ4n) is 1.13. The van der Waals surface area contributed by atoms with Crippen LogP contribution in [0.2, 0.25) is 0 Å². The highest BCUT2D eigenvalue weighted by Crippen LogP contribution is 2.01. The fourth-order valence-corrected chi connectivity index (χ4v) is 1.13. The molecular weight excluding hydrogens is 162 g/mol. The van der Waals surface area contributed by atoms with Gasteiger partial charge in [-0.3, -0.25) is 0 Å². The maximum atomic E-state index is 8.66. The minimum absolute atomic E-state index is 0.668. The molecule has 1 aromatic rings. The Balaban J connectivity index is 2.68. The molecule has 0 unspecified atom stereocenters. The van der Waals surface area contributed by atoms with Crippen LogP contribution in [0.1, 0.15) is 12.5 Å². The molecule has 0 fully saturated rings. The second-order valence-electron chi connectivity index (χ2n) is 2.75. The molecule has 0 saturated heterocycles. The van der Waals surface area contributed by atoms with Crippen molar-refractivity contribution in [1.82, 2.24) is 0 Å². The van der Waals surface area contributed by atoms with Crippen LogP contribution in [0.25, 0.3) is 0 Å². The molecule has 1 rings (SSSR count). The van der Waals surface area contributed by atoms with Crippen LogP contribution in [-0.2, 0) is 6.42 Å². The first-order valence-electron chi connectivity index (χ1n) is 4.24. The van der Waals surface area contributed by atoms with Gasteiger partial charge in [-0.1, -0.05) is 41.6 Å². The molecule has 2 nitrogen and oxygen atoms in total. The molecule has 0 amide bonds. The van der Waals surface area contributed by atoms with E-state index in [0.29, 0.717) is 12.1 Å². The largest absolute Gasteiger partial charge is 0.411 e. The van der Waals surface area contributed by atoms with Gasteiger partial charge in [0.05, 0.1) is 5.71 Å². The fraction of sp³-hybridized carbons (Fsp3) is 0.182. The van der Waals surface area contributed by atoms with Crippen LogP contribution in [0.4, 0.5) is 0 Å². The van der Waals surface area contributed by atoms with Crippen molar-refractivity contribution in [1.29, 1.82) is 0 Å². The summed E-state index contributed by atoms with van der Waals surface area (Å²) < 4.78 is 0. The predicted octanol–water partition coefficient (Wildman–Crippen LogP) is 2.64. The third-order valence-electron chi connectivity index (χ3n) is 1.72. The Morgan fingerprint density at radius 1 is 1.38 bits per heavy atom. The van der Waals surface area contributed by atoms with E-state index in [1.807, 2.05) is 43.3 Å². The number of nitrogens with zero attached hydrogens (tertiary/aromatic N) is 1. The van der Waals surface area contributed by atoms with Gasteiger partial charge in [0.25, 0.3) is 0 Å². The van der Waals surface area contributed by atoms with Crippen LogP contribution < -0.4 is 0 Å². The Bertz CT molecular complexity index is 301. The number of hydrogen-bond acceptors (Lipinski definition) is 2. The monoisotopic (exact) mass is 175 g/mol. The van der Waals surface area contributed by atoms with E-state index < -0.39 is 0 Å². The van der Waals surface area contributed by atoms with Gasteiger partial charge in [-0.2, -0.15) is 0 Å². The zero-order valence-corrected chi connectivity index (χ0v) is 7.64. The molecule has 0 aliphatic heterocycles. The minimum Gasteiger partial charge on any atom is -0.411 e. The van der Waals surface area contributed by atoms with E-state index in [9.17, 15) is 0 Å². The molecule has 0 spiro atoms. The summed E-state index contributed by atoms with van der Waals surface area (Å²) in [7, 11) is 0. The molecule has 13 heavy (non-hydrogen) atoms. The first-order chi connectivity index (χ1) is 6.36. The average Bonchev–Trinajstić information content (AvgIpc) is 2.19. The molecule has 0 aromatic heterocycles. The molecule has 0 saturated carbocycles. The van der Waals surface area contributed by atoms with Gasteiger partial charge in [-0.25, -0.2) is 0 Å². The molecule has 0 heterocycles. The summed E-state index contributed by atoms with van der Waals surface area (Å²) in [4.78, 5) is 0. The van der Waals surface area contributed by atoms with Gasteiger partial charge in [0.2, 0.25) is 0 Å². The molecular formula is C11H13NO. The zero-order chi connectivity index (χ0) is 9.52. The van der Waals surface area contributed by atoms with Crippen molar-refractivity contribution in [3.63, 3.8) is 0 Å². The third-order valence-corrected chi connectivity index (χ3v) is 1.72. The number of benzene rings is 1. The van der Waals surface area contributed by atoms with Crippen molar-refractivity contribution in [2.45, 2.75) is 13.3 Å². The van der Waals surface area contributed by atoms with Gasteiger partial charge in [-0.15, -0.1) is 0 Å². The Kier molecular flexibility index (Phi) is 3.76. The minimum atomic E-state index is 0.668. The normalized spacial score (nSPS) is 12.2. The van der Waals surface area contributed by atoms with Crippen LogP contribution in [0.15, 0.2) is 47.6 Å². The highest BCUT2D eigenvalue weighted by atomic mass is 16.4. The molecule has 0 aliphatic carbocycles. The lowest BCUT2D eigenvalue weighted by Crippen LogP contribution is -1.98. The van der Waals surface area contributed by atoms with E-state index in [2.05, 4.69) is 5.16 Å². The summed E-state index contributed by atoms with van der Waals surface area (Å²) in [6.45, 7) is 1.90. The quantitative estimate of drug-likeness (QED) is 0.427. The summed E-state index contributed by atoms with van der Waals surface area (Å²) in [6, 6.07) is 9.93. The summed E-state index contributed by atoms with van der Waals surface area (Å²) in [5.41, 5.74) is 1.82. The van der Waals surface area contributed by atoms with Gasteiger partial charge >= 0.3 is 0 Å². The molecule has 0 bridgehead atoms. The molecule has 2 heteroatoms. The SMILES string of the molecule is C/C=C/C(Cc1ccccc1)=N/O. The van der Waals surface area contributed by atoms with E-state index in [1.54, 1.807) is 6.08 Å². The van der Waals surface area contributed by atoms with Gasteiger partial charge in [-0.05, 0) is 18.6 Å². The van der Waals surface area contributed by atoms with E-state index in [4.69, 9.17) is 5.21 Å². The average molecular weight is 175 g/mol. The summed E-state index contributed by atoms with van der Waals surface area (Å²) in [5, 5.41) is 11.9. The lowest BCUT2D eigenvalue weighted by atomic mass is 10.1. The summed E-state index contributed by atoms with van der Waals surface area (Å²) >= 11 is 0. The smallest absolute Gasteiger partial charge is 0.0836 e. The van der Waals surface area contributed by atoms with E-state index in [0.717, 1.165) is 5.56 Å². The molecule has 0 atom stereocenters. The van der Waals surface area contributed by atoms with E-state index in [-0.39, 0.29) is 0 Å². The van der Waals surface area contributed by atoms with Crippen LogP contribution in [0, 0.1) is 0 Å². The number of rotatable bonds is 3. The third kappa shape index (κ3) is 3.11. The second kappa shape index (κ2) is 5.14. The van der Waals surface area contributed by atoms with Crippen LogP contribution in [0.3, 0.4) is 0 Å². The summed E-state index contributed by atoms with van der Waals surface area (Å²) in [6.07, 6.45) is 4.33. The van der Waals surface area contributed by atoms with Gasteiger partial charge in [0.15, 0.2) is 0 Å². The number of hydrogen-bond donors (Lipinski definition) is 1. The highest BCUT2D eigenvalue weighted by Gasteiger charge is 1.96. The van der Waals surface area contributed by atoms with Gasteiger partial charge in [0, 0.05) is 6.42 Å². The Labute approximate surface area is 78.2 Å². The molecule has 0 aliphatic rings. The highest BCUT2D eigenvalue weighted by molar-refractivity contribution is 5.95. The molecule has 1 N–H and O–H groups in total. The lowest BCUT2D eigenvalue weighted by Gasteiger charge is -1.98. The Hall–Kier alpha value is -1.57. The maximum absolute atomic E-state index is 8.66. The van der Waals surface area contributed by atoms with Gasteiger partial charge < -0.3 is 5.21 Å². The van der Waals surface area contributed by atoms with Crippen molar-refractivity contribution in [2.24, 2.45) is 5.16 Å². The standard InChI is InChI=1S/C11H13NO/c1-2-6-11(12-13)9-10-7-4-3-5-8-10/h2-8,13H,9H2,1H3/b6-2+,12-11-. The zero-order valence-electron chi connectivity index (χ0n) is 7.64. The first kappa shape index (κ1) is 9.52. The van der Waals surface area contributed by atoms with E-state index >= 15 is 0 Å². The lowest BCUT2D eigenvalue weighted by molar-refractivity contribution is 0.318. The molecule has 0 radical (unpaired) electrons. The van der Waals surface area contributed by atoms with Crippen molar-refractivity contribution in [3.05, 3.63) is 48.0 Å². The van der Waals surface area contributed by atoms with Crippen molar-refractivity contribution < 1.29 is 5.21 Å². The first-order valence-corrected chi connectivity index (χ1v) is 4.24. The maximum Gasteiger partial charge on any atom is 0.0836 e. The van der Waals surface area contributed by atoms with Crippen molar-refractivity contribution in [2.75, 3.05) is 0 Å². The van der Waals surface area contributed by atoms with Crippen LogP contribution >= 0.6 is 0 Å².